The van der Waals surface area contributed by atoms with Gasteiger partial charge in [-0.15, -0.1) is 5.10 Å². The molecule has 1 N–H and O–H groups in total. The van der Waals surface area contributed by atoms with Crippen LogP contribution in [0.2, 0.25) is 0 Å². The average molecular weight is 330 g/mol. The third-order valence-electron chi connectivity index (χ3n) is 4.28. The van der Waals surface area contributed by atoms with Crippen molar-refractivity contribution in [2.24, 2.45) is 5.92 Å². The molecule has 1 amide bonds. The lowest BCUT2D eigenvalue weighted by Gasteiger charge is -2.22. The summed E-state index contributed by atoms with van der Waals surface area (Å²) in [6.07, 6.45) is 2.02. The molecule has 1 aromatic carbocycles. The largest absolute Gasteiger partial charge is 0.376 e. The first-order valence-electron chi connectivity index (χ1n) is 8.31. The third-order valence-corrected chi connectivity index (χ3v) is 4.28. The second-order valence-corrected chi connectivity index (χ2v) is 6.43. The maximum atomic E-state index is 12.7. The SMILES string of the molecule is CC(C)[C@@H](C(=O)NC[C@H]1CCCO1)n1nnc2ccccc2c1=O. The van der Waals surface area contributed by atoms with Gasteiger partial charge in [0, 0.05) is 13.2 Å². The topological polar surface area (TPSA) is 86.1 Å². The van der Waals surface area contributed by atoms with Crippen molar-refractivity contribution in [1.29, 1.82) is 0 Å². The number of amides is 1. The van der Waals surface area contributed by atoms with E-state index in [1.54, 1.807) is 24.3 Å². The molecule has 24 heavy (non-hydrogen) atoms. The summed E-state index contributed by atoms with van der Waals surface area (Å²) in [6.45, 7) is 4.97. The summed E-state index contributed by atoms with van der Waals surface area (Å²) in [4.78, 5) is 25.3. The predicted octanol–water partition coefficient (Wildman–Crippen LogP) is 1.28. The van der Waals surface area contributed by atoms with Gasteiger partial charge in [0.2, 0.25) is 5.91 Å². The molecule has 7 nitrogen and oxygen atoms in total. The van der Waals surface area contributed by atoms with Gasteiger partial charge in [-0.25, -0.2) is 0 Å². The molecule has 0 bridgehead atoms. The highest BCUT2D eigenvalue weighted by Gasteiger charge is 2.28. The zero-order valence-electron chi connectivity index (χ0n) is 13.9. The van der Waals surface area contributed by atoms with E-state index in [2.05, 4.69) is 15.6 Å². The van der Waals surface area contributed by atoms with Crippen LogP contribution >= 0.6 is 0 Å². The van der Waals surface area contributed by atoms with Crippen LogP contribution in [0.1, 0.15) is 32.7 Å². The molecule has 0 saturated carbocycles. The van der Waals surface area contributed by atoms with Crippen molar-refractivity contribution in [3.8, 4) is 0 Å². The third kappa shape index (κ3) is 3.31. The number of carbonyl (C=O) groups is 1. The second-order valence-electron chi connectivity index (χ2n) is 6.43. The first-order valence-corrected chi connectivity index (χ1v) is 8.31. The van der Waals surface area contributed by atoms with Gasteiger partial charge in [0.15, 0.2) is 0 Å². The zero-order chi connectivity index (χ0) is 17.1. The summed E-state index contributed by atoms with van der Waals surface area (Å²) in [6, 6.07) is 6.31. The van der Waals surface area contributed by atoms with Crippen LogP contribution in [0.3, 0.4) is 0 Å². The first-order chi connectivity index (χ1) is 11.6. The molecule has 0 spiro atoms. The number of carbonyl (C=O) groups excluding carboxylic acids is 1. The summed E-state index contributed by atoms with van der Waals surface area (Å²) in [5, 5.41) is 11.4. The van der Waals surface area contributed by atoms with Crippen molar-refractivity contribution in [2.45, 2.75) is 38.8 Å². The van der Waals surface area contributed by atoms with E-state index in [1.165, 1.54) is 4.68 Å². The summed E-state index contributed by atoms with van der Waals surface area (Å²) < 4.78 is 6.71. The van der Waals surface area contributed by atoms with E-state index in [-0.39, 0.29) is 23.5 Å². The fourth-order valence-electron chi connectivity index (χ4n) is 3.00. The summed E-state index contributed by atoms with van der Waals surface area (Å²) in [7, 11) is 0. The Labute approximate surface area is 140 Å². The maximum Gasteiger partial charge on any atom is 0.278 e. The molecule has 1 aliphatic rings. The Bertz CT molecular complexity index is 781. The monoisotopic (exact) mass is 330 g/mol. The molecule has 1 aromatic heterocycles. The summed E-state index contributed by atoms with van der Waals surface area (Å²) in [5.74, 6) is -0.324. The number of aromatic nitrogens is 3. The van der Waals surface area contributed by atoms with Crippen LogP contribution in [0.4, 0.5) is 0 Å². The van der Waals surface area contributed by atoms with Gasteiger partial charge >= 0.3 is 0 Å². The minimum Gasteiger partial charge on any atom is -0.376 e. The van der Waals surface area contributed by atoms with E-state index in [1.807, 2.05) is 13.8 Å². The van der Waals surface area contributed by atoms with Crippen molar-refractivity contribution in [3.63, 3.8) is 0 Å². The fourth-order valence-corrected chi connectivity index (χ4v) is 3.00. The Hall–Kier alpha value is -2.28. The van der Waals surface area contributed by atoms with Crippen LogP contribution in [0, 0.1) is 5.92 Å². The number of hydrogen-bond donors (Lipinski definition) is 1. The lowest BCUT2D eigenvalue weighted by atomic mass is 10.0. The molecule has 2 atom stereocenters. The zero-order valence-corrected chi connectivity index (χ0v) is 13.9. The van der Waals surface area contributed by atoms with E-state index in [9.17, 15) is 9.59 Å². The fraction of sp³-hybridized carbons (Fsp3) is 0.529. The molecule has 1 fully saturated rings. The van der Waals surface area contributed by atoms with Gasteiger partial charge in [-0.05, 0) is 30.9 Å². The Kier molecular flexibility index (Phi) is 4.89. The molecule has 0 aliphatic carbocycles. The van der Waals surface area contributed by atoms with E-state index in [0.717, 1.165) is 19.4 Å². The smallest absolute Gasteiger partial charge is 0.278 e. The second kappa shape index (κ2) is 7.09. The molecule has 128 valence electrons. The highest BCUT2D eigenvalue weighted by atomic mass is 16.5. The molecule has 0 unspecified atom stereocenters. The van der Waals surface area contributed by atoms with Crippen LogP contribution in [-0.4, -0.2) is 40.2 Å². The number of fused-ring (bicyclic) bond motifs is 1. The first kappa shape index (κ1) is 16.6. The lowest BCUT2D eigenvalue weighted by molar-refractivity contribution is -0.126. The molecule has 2 heterocycles. The van der Waals surface area contributed by atoms with Crippen LogP contribution in [0.25, 0.3) is 10.9 Å². The summed E-state index contributed by atoms with van der Waals surface area (Å²) >= 11 is 0. The molecule has 0 radical (unpaired) electrons. The van der Waals surface area contributed by atoms with E-state index in [4.69, 9.17) is 4.74 Å². The van der Waals surface area contributed by atoms with Crippen molar-refractivity contribution in [2.75, 3.05) is 13.2 Å². The number of benzene rings is 1. The molecule has 3 rings (SSSR count). The van der Waals surface area contributed by atoms with Crippen LogP contribution in [0.15, 0.2) is 29.1 Å². The highest BCUT2D eigenvalue weighted by Crippen LogP contribution is 2.17. The standard InChI is InChI=1S/C17H22N4O3/c1-11(2)15(16(22)18-10-12-6-5-9-24-12)21-17(23)13-7-3-4-8-14(13)19-20-21/h3-4,7-8,11-12,15H,5-6,9-10H2,1-2H3,(H,18,22)/t12-,15+/m1/s1. The number of hydrogen-bond acceptors (Lipinski definition) is 5. The quantitative estimate of drug-likeness (QED) is 0.892. The van der Waals surface area contributed by atoms with Crippen molar-refractivity contribution >= 4 is 16.8 Å². The minimum absolute atomic E-state index is 0.0566. The number of nitrogens with zero attached hydrogens (tertiary/aromatic N) is 3. The lowest BCUT2D eigenvalue weighted by Crippen LogP contribution is -2.43. The number of rotatable bonds is 5. The molecule has 7 heteroatoms. The highest BCUT2D eigenvalue weighted by molar-refractivity contribution is 5.81. The van der Waals surface area contributed by atoms with Gasteiger partial charge in [0.05, 0.1) is 11.5 Å². The van der Waals surface area contributed by atoms with Gasteiger partial charge in [-0.2, -0.15) is 4.68 Å². The van der Waals surface area contributed by atoms with Gasteiger partial charge < -0.3 is 10.1 Å². The van der Waals surface area contributed by atoms with Crippen molar-refractivity contribution in [1.82, 2.24) is 20.3 Å². The van der Waals surface area contributed by atoms with Crippen LogP contribution in [0.5, 0.6) is 0 Å². The predicted molar refractivity (Wildman–Crippen MR) is 89.7 cm³/mol. The van der Waals surface area contributed by atoms with Gasteiger partial charge in [-0.1, -0.05) is 31.2 Å². The average Bonchev–Trinajstić information content (AvgIpc) is 3.09. The van der Waals surface area contributed by atoms with Crippen molar-refractivity contribution < 1.29 is 9.53 Å². The molecule has 2 aromatic rings. The van der Waals surface area contributed by atoms with Gasteiger partial charge in [0.25, 0.3) is 5.56 Å². The Morgan fingerprint density at radius 3 is 2.92 bits per heavy atom. The van der Waals surface area contributed by atoms with E-state index < -0.39 is 6.04 Å². The van der Waals surface area contributed by atoms with E-state index in [0.29, 0.717) is 17.4 Å². The molecule has 1 saturated heterocycles. The van der Waals surface area contributed by atoms with Crippen LogP contribution < -0.4 is 10.9 Å². The number of ether oxygens (including phenoxy) is 1. The minimum atomic E-state index is -0.698. The Morgan fingerprint density at radius 1 is 1.42 bits per heavy atom. The van der Waals surface area contributed by atoms with Gasteiger partial charge in [0.1, 0.15) is 11.6 Å². The molecular formula is C17H22N4O3. The van der Waals surface area contributed by atoms with E-state index >= 15 is 0 Å². The Morgan fingerprint density at radius 2 is 2.21 bits per heavy atom. The molecule has 1 aliphatic heterocycles. The maximum absolute atomic E-state index is 12.7. The normalized spacial score (nSPS) is 18.9. The van der Waals surface area contributed by atoms with Gasteiger partial charge in [-0.3, -0.25) is 9.59 Å². The Balaban J connectivity index is 1.86. The summed E-state index contributed by atoms with van der Waals surface area (Å²) in [5.41, 5.74) is 0.229. The molecular weight excluding hydrogens is 308 g/mol. The van der Waals surface area contributed by atoms with Crippen LogP contribution in [-0.2, 0) is 9.53 Å². The van der Waals surface area contributed by atoms with Crippen molar-refractivity contribution in [3.05, 3.63) is 34.6 Å². The number of nitrogens with one attached hydrogen (secondary N) is 1.